The lowest BCUT2D eigenvalue weighted by Gasteiger charge is -2.24. The number of esters is 1. The van der Waals surface area contributed by atoms with Gasteiger partial charge in [-0.15, -0.1) is 0 Å². The molecular formula is C24H20N2O5S. The van der Waals surface area contributed by atoms with Crippen molar-refractivity contribution in [2.24, 2.45) is 4.99 Å². The summed E-state index contributed by atoms with van der Waals surface area (Å²) in [6, 6.07) is 12.7. The molecule has 162 valence electrons. The van der Waals surface area contributed by atoms with E-state index in [2.05, 4.69) is 4.99 Å². The molecule has 2 aromatic carbocycles. The number of thiazole rings is 1. The number of aromatic nitrogens is 1. The van der Waals surface area contributed by atoms with Gasteiger partial charge in [-0.2, -0.15) is 0 Å². The normalized spacial score (nSPS) is 17.2. The molecule has 0 spiro atoms. The molecule has 3 heterocycles. The molecule has 1 aromatic heterocycles. The van der Waals surface area contributed by atoms with Crippen molar-refractivity contribution < 1.29 is 19.0 Å². The first kappa shape index (κ1) is 20.3. The second kappa shape index (κ2) is 7.80. The number of ether oxygens (including phenoxy) is 3. The van der Waals surface area contributed by atoms with Gasteiger partial charge in [0.1, 0.15) is 0 Å². The minimum Gasteiger partial charge on any atom is -0.466 e. The number of fused-ring (bicyclic) bond motifs is 2. The van der Waals surface area contributed by atoms with Crippen LogP contribution in [0.3, 0.4) is 0 Å². The number of hydrogen-bond donors (Lipinski definition) is 0. The highest BCUT2D eigenvalue weighted by Crippen LogP contribution is 2.33. The molecule has 0 bridgehead atoms. The summed E-state index contributed by atoms with van der Waals surface area (Å²) in [5.41, 5.74) is 3.41. The van der Waals surface area contributed by atoms with Crippen molar-refractivity contribution >= 4 is 23.4 Å². The smallest absolute Gasteiger partial charge is 0.338 e. The van der Waals surface area contributed by atoms with Crippen molar-refractivity contribution in [3.8, 4) is 11.5 Å². The van der Waals surface area contributed by atoms with Gasteiger partial charge in [0.2, 0.25) is 6.79 Å². The van der Waals surface area contributed by atoms with Crippen LogP contribution in [0.4, 0.5) is 0 Å². The van der Waals surface area contributed by atoms with Crippen molar-refractivity contribution in [1.82, 2.24) is 4.57 Å². The Bertz CT molecular complexity index is 1450. The van der Waals surface area contributed by atoms with Crippen molar-refractivity contribution in [2.45, 2.75) is 19.9 Å². The number of rotatable bonds is 3. The van der Waals surface area contributed by atoms with E-state index in [0.29, 0.717) is 32.1 Å². The first-order valence-corrected chi connectivity index (χ1v) is 10.8. The minimum absolute atomic E-state index is 0.188. The van der Waals surface area contributed by atoms with Crippen LogP contribution in [0.1, 0.15) is 29.7 Å². The van der Waals surface area contributed by atoms with E-state index in [1.54, 1.807) is 17.6 Å². The summed E-state index contributed by atoms with van der Waals surface area (Å²) in [5.74, 6) is 0.830. The van der Waals surface area contributed by atoms with E-state index in [-0.39, 0.29) is 12.4 Å². The van der Waals surface area contributed by atoms with Gasteiger partial charge in [0.25, 0.3) is 5.56 Å². The fraction of sp³-hybridized carbons (Fsp3) is 0.208. The monoisotopic (exact) mass is 448 g/mol. The Balaban J connectivity index is 1.70. The Morgan fingerprint density at radius 1 is 1.16 bits per heavy atom. The molecular weight excluding hydrogens is 428 g/mol. The molecule has 8 heteroatoms. The lowest BCUT2D eigenvalue weighted by atomic mass is 9.95. The zero-order valence-corrected chi connectivity index (χ0v) is 18.6. The van der Waals surface area contributed by atoms with Crippen molar-refractivity contribution in [1.29, 1.82) is 0 Å². The predicted octanol–water partition coefficient (Wildman–Crippen LogP) is 2.45. The summed E-state index contributed by atoms with van der Waals surface area (Å²) in [5, 5.41) is 0. The largest absolute Gasteiger partial charge is 0.466 e. The molecule has 32 heavy (non-hydrogen) atoms. The van der Waals surface area contributed by atoms with Gasteiger partial charge in [0.05, 0.1) is 29.0 Å². The maximum atomic E-state index is 13.5. The lowest BCUT2D eigenvalue weighted by Crippen LogP contribution is -2.39. The summed E-state index contributed by atoms with van der Waals surface area (Å²) in [6.07, 6.45) is 1.80. The number of hydrogen-bond acceptors (Lipinski definition) is 7. The van der Waals surface area contributed by atoms with E-state index in [4.69, 9.17) is 14.2 Å². The zero-order valence-electron chi connectivity index (χ0n) is 17.7. The number of nitrogens with zero attached hydrogens (tertiary/aromatic N) is 2. The van der Waals surface area contributed by atoms with E-state index >= 15 is 0 Å². The van der Waals surface area contributed by atoms with Crippen LogP contribution in [0.25, 0.3) is 6.08 Å². The van der Waals surface area contributed by atoms with Gasteiger partial charge in [0, 0.05) is 0 Å². The number of benzene rings is 2. The summed E-state index contributed by atoms with van der Waals surface area (Å²) in [4.78, 5) is 31.3. The SMILES string of the molecule is COC(=O)C1=C(C)N=c2sc(=Cc3ccc4c(c3)OCO4)c(=O)n2C1c1ccc(C)cc1. The maximum Gasteiger partial charge on any atom is 0.338 e. The van der Waals surface area contributed by atoms with Crippen molar-refractivity contribution in [2.75, 3.05) is 13.9 Å². The highest BCUT2D eigenvalue weighted by Gasteiger charge is 2.33. The molecule has 0 N–H and O–H groups in total. The number of allylic oxidation sites excluding steroid dienone is 1. The van der Waals surface area contributed by atoms with Gasteiger partial charge in [-0.3, -0.25) is 9.36 Å². The second-order valence-corrected chi connectivity index (χ2v) is 8.61. The number of methoxy groups -OCH3 is 1. The Morgan fingerprint density at radius 2 is 1.91 bits per heavy atom. The summed E-state index contributed by atoms with van der Waals surface area (Å²) >= 11 is 1.29. The molecule has 0 amide bonds. The fourth-order valence-electron chi connectivity index (χ4n) is 3.91. The predicted molar refractivity (Wildman–Crippen MR) is 120 cm³/mol. The molecule has 1 atom stereocenters. The molecule has 0 saturated heterocycles. The molecule has 1 unspecified atom stereocenters. The quantitative estimate of drug-likeness (QED) is 0.575. The third-order valence-electron chi connectivity index (χ3n) is 5.51. The van der Waals surface area contributed by atoms with Crippen LogP contribution >= 0.6 is 11.3 Å². The maximum absolute atomic E-state index is 13.5. The van der Waals surface area contributed by atoms with E-state index in [0.717, 1.165) is 16.7 Å². The average molecular weight is 449 g/mol. The molecule has 0 radical (unpaired) electrons. The molecule has 5 rings (SSSR count). The Labute approximate surface area is 187 Å². The molecule has 2 aliphatic heterocycles. The third kappa shape index (κ3) is 3.33. The van der Waals surface area contributed by atoms with Crippen molar-refractivity contribution in [3.63, 3.8) is 0 Å². The molecule has 0 fully saturated rings. The van der Waals surface area contributed by atoms with Crippen LogP contribution in [0.2, 0.25) is 0 Å². The number of carbonyl (C=O) groups excluding carboxylic acids is 1. The number of carbonyl (C=O) groups is 1. The Kier molecular flexibility index (Phi) is 4.94. The highest BCUT2D eigenvalue weighted by molar-refractivity contribution is 7.07. The first-order chi connectivity index (χ1) is 15.5. The Hall–Kier alpha value is -3.65. The number of aryl methyl sites for hydroxylation is 1. The Morgan fingerprint density at radius 3 is 2.66 bits per heavy atom. The van der Waals surface area contributed by atoms with Crippen LogP contribution < -0.4 is 24.4 Å². The van der Waals surface area contributed by atoms with Gasteiger partial charge in [-0.05, 0) is 43.2 Å². The van der Waals surface area contributed by atoms with Crippen LogP contribution in [0.15, 0.2) is 63.5 Å². The highest BCUT2D eigenvalue weighted by atomic mass is 32.1. The van der Waals surface area contributed by atoms with Crippen LogP contribution in [-0.2, 0) is 9.53 Å². The third-order valence-corrected chi connectivity index (χ3v) is 6.50. The molecule has 7 nitrogen and oxygen atoms in total. The molecule has 0 aliphatic carbocycles. The van der Waals surface area contributed by atoms with E-state index in [1.807, 2.05) is 49.4 Å². The minimum atomic E-state index is -0.613. The lowest BCUT2D eigenvalue weighted by molar-refractivity contribution is -0.136. The first-order valence-electron chi connectivity index (χ1n) is 10.0. The van der Waals surface area contributed by atoms with E-state index in [1.165, 1.54) is 18.4 Å². The van der Waals surface area contributed by atoms with Crippen LogP contribution in [0.5, 0.6) is 11.5 Å². The fourth-order valence-corrected chi connectivity index (χ4v) is 4.96. The van der Waals surface area contributed by atoms with Gasteiger partial charge >= 0.3 is 5.97 Å². The molecule has 0 saturated carbocycles. The zero-order chi connectivity index (χ0) is 22.4. The summed E-state index contributed by atoms with van der Waals surface area (Å²) < 4.78 is 17.9. The standard InChI is InChI=1S/C24H20N2O5S/c1-13-4-7-16(8-5-13)21-20(23(28)29-3)14(2)25-24-26(21)22(27)19(32-24)11-15-6-9-17-18(10-15)31-12-30-17/h4-11,21H,12H2,1-3H3. The van der Waals surface area contributed by atoms with Gasteiger partial charge in [-0.1, -0.05) is 47.2 Å². The molecule has 2 aliphatic rings. The van der Waals surface area contributed by atoms with Crippen LogP contribution in [-0.4, -0.2) is 24.4 Å². The van der Waals surface area contributed by atoms with Gasteiger partial charge in [-0.25, -0.2) is 9.79 Å². The van der Waals surface area contributed by atoms with Gasteiger partial charge < -0.3 is 14.2 Å². The van der Waals surface area contributed by atoms with Crippen LogP contribution in [0, 0.1) is 6.92 Å². The van der Waals surface area contributed by atoms with E-state index in [9.17, 15) is 9.59 Å². The summed E-state index contributed by atoms with van der Waals surface area (Å²) in [7, 11) is 1.33. The summed E-state index contributed by atoms with van der Waals surface area (Å²) in [6.45, 7) is 3.94. The van der Waals surface area contributed by atoms with Gasteiger partial charge in [0.15, 0.2) is 16.3 Å². The van der Waals surface area contributed by atoms with Crippen molar-refractivity contribution in [3.05, 3.63) is 90.1 Å². The topological polar surface area (TPSA) is 79.1 Å². The van der Waals surface area contributed by atoms with E-state index < -0.39 is 12.0 Å². The average Bonchev–Trinajstić information content (AvgIpc) is 3.37. The second-order valence-electron chi connectivity index (χ2n) is 7.60. The molecule has 3 aromatic rings.